The number of nitrogens with zero attached hydrogens (tertiary/aromatic N) is 2. The first-order chi connectivity index (χ1) is 14.0. The fourth-order valence-corrected chi connectivity index (χ4v) is 4.54. The molecule has 0 fully saturated rings. The molecule has 1 heterocycles. The van der Waals surface area contributed by atoms with Gasteiger partial charge in [0.15, 0.2) is 6.61 Å². The standard InChI is InChI=1S/C23H28N2O3S/c1-4-24(5-2)19-12-10-18(11-13-19)23(27)28-16-22(26)25-15-14-17(3)29-21-9-7-6-8-20(21)25/h6-13,17H,4-5,14-16H2,1-3H3/t17-/m1/s1. The number of benzene rings is 2. The highest BCUT2D eigenvalue weighted by Crippen LogP contribution is 2.37. The second-order valence-corrected chi connectivity index (χ2v) is 8.51. The third-order valence-corrected chi connectivity index (χ3v) is 6.34. The molecule has 0 saturated carbocycles. The summed E-state index contributed by atoms with van der Waals surface area (Å²) >= 11 is 1.78. The third-order valence-electron chi connectivity index (χ3n) is 5.10. The molecular formula is C23H28N2O3S. The van der Waals surface area contributed by atoms with Gasteiger partial charge in [0.05, 0.1) is 11.3 Å². The molecular weight excluding hydrogens is 384 g/mol. The maximum Gasteiger partial charge on any atom is 0.338 e. The minimum Gasteiger partial charge on any atom is -0.452 e. The lowest BCUT2D eigenvalue weighted by molar-refractivity contribution is -0.121. The number of rotatable bonds is 6. The van der Waals surface area contributed by atoms with Crippen LogP contribution < -0.4 is 9.80 Å². The van der Waals surface area contributed by atoms with Crippen LogP contribution in [0.2, 0.25) is 0 Å². The van der Waals surface area contributed by atoms with Gasteiger partial charge in [-0.2, -0.15) is 0 Å². The monoisotopic (exact) mass is 412 g/mol. The van der Waals surface area contributed by atoms with E-state index in [0.29, 0.717) is 17.4 Å². The number of carbonyl (C=O) groups is 2. The fourth-order valence-electron chi connectivity index (χ4n) is 3.43. The quantitative estimate of drug-likeness (QED) is 0.649. The molecule has 0 bridgehead atoms. The van der Waals surface area contributed by atoms with Crippen molar-refractivity contribution in [3.63, 3.8) is 0 Å². The summed E-state index contributed by atoms with van der Waals surface area (Å²) in [6.07, 6.45) is 0.895. The first-order valence-electron chi connectivity index (χ1n) is 10.1. The zero-order chi connectivity index (χ0) is 20.8. The van der Waals surface area contributed by atoms with Crippen LogP contribution in [0.1, 0.15) is 37.6 Å². The number of amides is 1. The van der Waals surface area contributed by atoms with Gasteiger partial charge in [0.25, 0.3) is 5.91 Å². The predicted molar refractivity (Wildman–Crippen MR) is 119 cm³/mol. The van der Waals surface area contributed by atoms with Crippen molar-refractivity contribution in [2.45, 2.75) is 37.3 Å². The van der Waals surface area contributed by atoms with Crippen molar-refractivity contribution < 1.29 is 14.3 Å². The maximum atomic E-state index is 12.8. The lowest BCUT2D eigenvalue weighted by atomic mass is 10.2. The highest BCUT2D eigenvalue weighted by Gasteiger charge is 2.25. The van der Waals surface area contributed by atoms with Crippen molar-refractivity contribution >= 4 is 35.0 Å². The fraction of sp³-hybridized carbons (Fsp3) is 0.391. The Bertz CT molecular complexity index is 849. The average molecular weight is 413 g/mol. The van der Waals surface area contributed by atoms with Crippen LogP contribution in [0.4, 0.5) is 11.4 Å². The zero-order valence-electron chi connectivity index (χ0n) is 17.3. The minimum absolute atomic E-state index is 0.194. The molecule has 1 aliphatic rings. The summed E-state index contributed by atoms with van der Waals surface area (Å²) in [5.74, 6) is -0.671. The molecule has 29 heavy (non-hydrogen) atoms. The molecule has 2 aromatic rings. The van der Waals surface area contributed by atoms with Gasteiger partial charge < -0.3 is 14.5 Å². The van der Waals surface area contributed by atoms with Crippen LogP contribution in [0.15, 0.2) is 53.4 Å². The number of carbonyl (C=O) groups excluding carboxylic acids is 2. The predicted octanol–water partition coefficient (Wildman–Crippen LogP) is 4.61. The Morgan fingerprint density at radius 1 is 1.10 bits per heavy atom. The van der Waals surface area contributed by atoms with Crippen LogP contribution in [0, 0.1) is 0 Å². The van der Waals surface area contributed by atoms with Crippen LogP contribution in [0.3, 0.4) is 0 Å². The third kappa shape index (κ3) is 5.12. The molecule has 1 atom stereocenters. The molecule has 0 N–H and O–H groups in total. The van der Waals surface area contributed by atoms with Gasteiger partial charge in [-0.25, -0.2) is 4.79 Å². The van der Waals surface area contributed by atoms with Gasteiger partial charge in [-0.05, 0) is 56.7 Å². The molecule has 0 aromatic heterocycles. The number of hydrogen-bond donors (Lipinski definition) is 0. The zero-order valence-corrected chi connectivity index (χ0v) is 18.1. The largest absolute Gasteiger partial charge is 0.452 e. The van der Waals surface area contributed by atoms with E-state index < -0.39 is 5.97 Å². The SMILES string of the molecule is CCN(CC)c1ccc(C(=O)OCC(=O)N2CC[C@@H](C)Sc3ccccc32)cc1. The number of anilines is 2. The highest BCUT2D eigenvalue weighted by molar-refractivity contribution is 8.00. The van der Waals surface area contributed by atoms with Crippen molar-refractivity contribution in [2.24, 2.45) is 0 Å². The molecule has 1 amide bonds. The lowest BCUT2D eigenvalue weighted by Crippen LogP contribution is -2.35. The topological polar surface area (TPSA) is 49.9 Å². The van der Waals surface area contributed by atoms with Crippen molar-refractivity contribution in [2.75, 3.05) is 36.0 Å². The van der Waals surface area contributed by atoms with E-state index in [1.54, 1.807) is 28.8 Å². The van der Waals surface area contributed by atoms with E-state index >= 15 is 0 Å². The van der Waals surface area contributed by atoms with E-state index in [-0.39, 0.29) is 12.5 Å². The van der Waals surface area contributed by atoms with Crippen molar-refractivity contribution in [3.8, 4) is 0 Å². The van der Waals surface area contributed by atoms with Gasteiger partial charge in [-0.3, -0.25) is 4.79 Å². The van der Waals surface area contributed by atoms with E-state index in [0.717, 1.165) is 35.8 Å². The summed E-state index contributed by atoms with van der Waals surface area (Å²) in [7, 11) is 0. The van der Waals surface area contributed by atoms with Crippen LogP contribution in [0.25, 0.3) is 0 Å². The number of para-hydroxylation sites is 1. The Labute approximate surface area is 177 Å². The van der Waals surface area contributed by atoms with Gasteiger partial charge in [-0.15, -0.1) is 11.8 Å². The Kier molecular flexibility index (Phi) is 7.20. The summed E-state index contributed by atoms with van der Waals surface area (Å²) in [5.41, 5.74) is 2.41. The lowest BCUT2D eigenvalue weighted by Gasteiger charge is -2.22. The molecule has 0 spiro atoms. The summed E-state index contributed by atoms with van der Waals surface area (Å²) in [6.45, 7) is 8.53. The van der Waals surface area contributed by atoms with E-state index in [2.05, 4.69) is 25.7 Å². The van der Waals surface area contributed by atoms with Crippen LogP contribution >= 0.6 is 11.8 Å². The van der Waals surface area contributed by atoms with E-state index in [1.165, 1.54) is 0 Å². The van der Waals surface area contributed by atoms with Gasteiger partial charge in [0, 0.05) is 35.5 Å². The molecule has 154 valence electrons. The number of thioether (sulfide) groups is 1. The Balaban J connectivity index is 1.64. The Morgan fingerprint density at radius 3 is 2.48 bits per heavy atom. The first kappa shape index (κ1) is 21.2. The van der Waals surface area contributed by atoms with Gasteiger partial charge in [0.1, 0.15) is 0 Å². The number of ether oxygens (including phenoxy) is 1. The molecule has 0 saturated heterocycles. The Hall–Kier alpha value is -2.47. The highest BCUT2D eigenvalue weighted by atomic mass is 32.2. The molecule has 6 heteroatoms. The smallest absolute Gasteiger partial charge is 0.338 e. The molecule has 3 rings (SSSR count). The normalized spacial score (nSPS) is 16.0. The van der Waals surface area contributed by atoms with E-state index in [4.69, 9.17) is 4.74 Å². The Morgan fingerprint density at radius 2 is 1.79 bits per heavy atom. The van der Waals surface area contributed by atoms with E-state index in [9.17, 15) is 9.59 Å². The average Bonchev–Trinajstić information content (AvgIpc) is 2.91. The second kappa shape index (κ2) is 9.83. The number of esters is 1. The second-order valence-electron chi connectivity index (χ2n) is 7.03. The molecule has 1 aliphatic heterocycles. The molecule has 0 unspecified atom stereocenters. The van der Waals surface area contributed by atoms with Crippen LogP contribution in [-0.4, -0.2) is 43.4 Å². The summed E-state index contributed by atoms with van der Waals surface area (Å²) in [6, 6.07) is 15.2. The summed E-state index contributed by atoms with van der Waals surface area (Å²) in [5, 5.41) is 0.431. The molecule has 5 nitrogen and oxygen atoms in total. The molecule has 2 aromatic carbocycles. The van der Waals surface area contributed by atoms with Crippen molar-refractivity contribution in [3.05, 3.63) is 54.1 Å². The summed E-state index contributed by atoms with van der Waals surface area (Å²) in [4.78, 5) is 30.2. The van der Waals surface area contributed by atoms with Gasteiger partial charge in [0.2, 0.25) is 0 Å². The van der Waals surface area contributed by atoms with Gasteiger partial charge >= 0.3 is 5.97 Å². The maximum absolute atomic E-state index is 12.8. The van der Waals surface area contributed by atoms with Crippen molar-refractivity contribution in [1.82, 2.24) is 0 Å². The van der Waals surface area contributed by atoms with Crippen LogP contribution in [-0.2, 0) is 9.53 Å². The summed E-state index contributed by atoms with van der Waals surface area (Å²) < 4.78 is 5.33. The van der Waals surface area contributed by atoms with Gasteiger partial charge in [-0.1, -0.05) is 19.1 Å². The minimum atomic E-state index is -0.477. The number of fused-ring (bicyclic) bond motifs is 1. The van der Waals surface area contributed by atoms with E-state index in [1.807, 2.05) is 36.4 Å². The van der Waals surface area contributed by atoms with Crippen molar-refractivity contribution in [1.29, 1.82) is 0 Å². The first-order valence-corrected chi connectivity index (χ1v) is 11.0. The molecule has 0 aliphatic carbocycles. The number of hydrogen-bond acceptors (Lipinski definition) is 5. The van der Waals surface area contributed by atoms with Crippen LogP contribution in [0.5, 0.6) is 0 Å². The molecule has 0 radical (unpaired) electrons.